The van der Waals surface area contributed by atoms with E-state index in [9.17, 15) is 9.90 Å². The SMILES string of the molecule is CC(=O)N[C@@H](C)COC1CCC(Oc2ccc3nc(C(C)(C)O)sc3c2Cl)CC1. The first-order valence-corrected chi connectivity index (χ1v) is 11.2. The number of hydrogen-bond donors (Lipinski definition) is 2. The van der Waals surface area contributed by atoms with E-state index in [0.29, 0.717) is 22.4 Å². The molecule has 0 spiro atoms. The number of hydrogen-bond acceptors (Lipinski definition) is 6. The highest BCUT2D eigenvalue weighted by Crippen LogP contribution is 2.40. The first kappa shape index (κ1) is 22.3. The lowest BCUT2D eigenvalue weighted by Crippen LogP contribution is -2.36. The summed E-state index contributed by atoms with van der Waals surface area (Å²) in [7, 11) is 0. The molecule has 1 amide bonds. The van der Waals surface area contributed by atoms with Crippen molar-refractivity contribution in [1.29, 1.82) is 0 Å². The number of nitrogens with one attached hydrogen (secondary N) is 1. The molecular weight excluding hydrogens is 412 g/mol. The van der Waals surface area contributed by atoms with E-state index in [4.69, 9.17) is 21.1 Å². The van der Waals surface area contributed by atoms with Crippen LogP contribution in [0.1, 0.15) is 58.4 Å². The molecule has 1 aliphatic rings. The molecule has 0 saturated heterocycles. The standard InChI is InChI=1S/C21H29ClN2O4S/c1-12(23-13(2)25)11-27-14-5-7-15(8-6-14)28-17-10-9-16-19(18(17)22)29-20(24-16)21(3,4)26/h9-10,12,14-15,26H,5-8,11H2,1-4H3,(H,23,25)/t12-,14?,15?/m0/s1. The molecule has 1 aromatic carbocycles. The van der Waals surface area contributed by atoms with Gasteiger partial charge in [-0.2, -0.15) is 0 Å². The summed E-state index contributed by atoms with van der Waals surface area (Å²) in [5.41, 5.74) is -0.223. The van der Waals surface area contributed by atoms with Gasteiger partial charge in [-0.25, -0.2) is 4.98 Å². The van der Waals surface area contributed by atoms with E-state index in [2.05, 4.69) is 10.3 Å². The fourth-order valence-corrected chi connectivity index (χ4v) is 4.78. The van der Waals surface area contributed by atoms with Crippen LogP contribution in [-0.4, -0.2) is 40.9 Å². The van der Waals surface area contributed by atoms with Crippen LogP contribution in [0.3, 0.4) is 0 Å². The van der Waals surface area contributed by atoms with Crippen LogP contribution in [0.2, 0.25) is 5.02 Å². The van der Waals surface area contributed by atoms with E-state index in [1.54, 1.807) is 13.8 Å². The van der Waals surface area contributed by atoms with E-state index >= 15 is 0 Å². The maximum absolute atomic E-state index is 11.1. The Morgan fingerprint density at radius 3 is 2.62 bits per heavy atom. The van der Waals surface area contributed by atoms with Gasteiger partial charge >= 0.3 is 0 Å². The van der Waals surface area contributed by atoms with Gasteiger partial charge in [0.2, 0.25) is 5.91 Å². The maximum Gasteiger partial charge on any atom is 0.217 e. The van der Waals surface area contributed by atoms with Gasteiger partial charge in [-0.3, -0.25) is 4.79 Å². The van der Waals surface area contributed by atoms with E-state index in [1.165, 1.54) is 18.3 Å². The zero-order valence-electron chi connectivity index (χ0n) is 17.3. The molecule has 0 unspecified atom stereocenters. The molecule has 0 radical (unpaired) electrons. The molecule has 1 atom stereocenters. The number of aromatic nitrogens is 1. The van der Waals surface area contributed by atoms with E-state index in [0.717, 1.165) is 35.9 Å². The fourth-order valence-electron chi connectivity index (χ4n) is 3.46. The smallest absolute Gasteiger partial charge is 0.217 e. The highest BCUT2D eigenvalue weighted by atomic mass is 35.5. The van der Waals surface area contributed by atoms with Crippen LogP contribution >= 0.6 is 22.9 Å². The van der Waals surface area contributed by atoms with E-state index in [1.807, 2.05) is 19.1 Å². The number of thiazole rings is 1. The number of halogens is 1. The van der Waals surface area contributed by atoms with Crippen LogP contribution in [0.4, 0.5) is 0 Å². The summed E-state index contributed by atoms with van der Waals surface area (Å²) in [6.45, 7) is 7.41. The van der Waals surface area contributed by atoms with Crippen LogP contribution < -0.4 is 10.1 Å². The minimum Gasteiger partial charge on any atom is -0.489 e. The number of nitrogens with zero attached hydrogens (tertiary/aromatic N) is 1. The van der Waals surface area contributed by atoms with Gasteiger partial charge in [-0.1, -0.05) is 11.6 Å². The average molecular weight is 441 g/mol. The number of fused-ring (bicyclic) bond motifs is 1. The molecule has 6 nitrogen and oxygen atoms in total. The summed E-state index contributed by atoms with van der Waals surface area (Å²) in [5.74, 6) is 0.622. The Morgan fingerprint density at radius 2 is 2.00 bits per heavy atom. The molecular formula is C21H29ClN2O4S. The second-order valence-corrected chi connectivity index (χ2v) is 9.63. The predicted molar refractivity (Wildman–Crippen MR) is 116 cm³/mol. The van der Waals surface area contributed by atoms with Gasteiger partial charge in [-0.05, 0) is 58.6 Å². The van der Waals surface area contributed by atoms with Crippen LogP contribution in [0.5, 0.6) is 5.75 Å². The molecule has 1 saturated carbocycles. The lowest BCUT2D eigenvalue weighted by atomic mass is 9.95. The van der Waals surface area contributed by atoms with Crippen molar-refractivity contribution >= 4 is 39.1 Å². The van der Waals surface area contributed by atoms with Gasteiger partial charge in [0.1, 0.15) is 21.4 Å². The van der Waals surface area contributed by atoms with Crippen molar-refractivity contribution in [2.24, 2.45) is 0 Å². The zero-order chi connectivity index (χ0) is 21.2. The Kier molecular flexibility index (Phi) is 7.04. The molecule has 1 fully saturated rings. The van der Waals surface area contributed by atoms with Crippen molar-refractivity contribution in [3.05, 3.63) is 22.2 Å². The van der Waals surface area contributed by atoms with E-state index in [-0.39, 0.29) is 24.2 Å². The highest BCUT2D eigenvalue weighted by molar-refractivity contribution is 7.19. The Morgan fingerprint density at radius 1 is 1.34 bits per heavy atom. The summed E-state index contributed by atoms with van der Waals surface area (Å²) in [4.78, 5) is 15.6. The lowest BCUT2D eigenvalue weighted by Gasteiger charge is -2.30. The Bertz CT molecular complexity index is 856. The molecule has 0 aliphatic heterocycles. The fraction of sp³-hybridized carbons (Fsp3) is 0.619. The number of carbonyl (C=O) groups excluding carboxylic acids is 1. The molecule has 1 heterocycles. The second-order valence-electron chi connectivity index (χ2n) is 8.26. The van der Waals surface area contributed by atoms with Crippen molar-refractivity contribution in [3.63, 3.8) is 0 Å². The summed E-state index contributed by atoms with van der Waals surface area (Å²) < 4.78 is 13.0. The van der Waals surface area contributed by atoms with Crippen LogP contribution in [0, 0.1) is 0 Å². The van der Waals surface area contributed by atoms with Crippen LogP contribution in [0.15, 0.2) is 12.1 Å². The minimum absolute atomic E-state index is 0.0141. The van der Waals surface area contributed by atoms with Crippen molar-refractivity contribution < 1.29 is 19.4 Å². The normalized spacial score (nSPS) is 21.2. The summed E-state index contributed by atoms with van der Waals surface area (Å²) in [6, 6.07) is 3.76. The third-order valence-electron chi connectivity index (χ3n) is 4.93. The maximum atomic E-state index is 11.1. The topological polar surface area (TPSA) is 80.7 Å². The van der Waals surface area contributed by atoms with Gasteiger partial charge in [-0.15, -0.1) is 11.3 Å². The molecule has 0 bridgehead atoms. The monoisotopic (exact) mass is 440 g/mol. The predicted octanol–water partition coefficient (Wildman–Crippen LogP) is 4.41. The number of rotatable bonds is 7. The third-order valence-corrected chi connectivity index (χ3v) is 6.82. The Labute approximate surface area is 180 Å². The number of benzene rings is 1. The molecule has 8 heteroatoms. The largest absolute Gasteiger partial charge is 0.489 e. The number of amides is 1. The van der Waals surface area contributed by atoms with Crippen LogP contribution in [0.25, 0.3) is 10.2 Å². The highest BCUT2D eigenvalue weighted by Gasteiger charge is 2.26. The molecule has 1 aliphatic carbocycles. The average Bonchev–Trinajstić information content (AvgIpc) is 3.08. The van der Waals surface area contributed by atoms with Crippen molar-refractivity contribution in [1.82, 2.24) is 10.3 Å². The second kappa shape index (κ2) is 9.16. The van der Waals surface area contributed by atoms with E-state index < -0.39 is 5.60 Å². The Hall–Kier alpha value is -1.41. The number of aliphatic hydroxyl groups is 1. The van der Waals surface area contributed by atoms with Gasteiger partial charge in [0, 0.05) is 13.0 Å². The van der Waals surface area contributed by atoms with Crippen molar-refractivity contribution in [3.8, 4) is 5.75 Å². The number of carbonyl (C=O) groups is 1. The summed E-state index contributed by atoms with van der Waals surface area (Å²) in [6.07, 6.45) is 3.91. The molecule has 3 rings (SSSR count). The summed E-state index contributed by atoms with van der Waals surface area (Å²) in [5, 5.41) is 14.2. The lowest BCUT2D eigenvalue weighted by molar-refractivity contribution is -0.120. The first-order valence-electron chi connectivity index (χ1n) is 10.0. The Balaban J connectivity index is 1.56. The quantitative estimate of drug-likeness (QED) is 0.666. The van der Waals surface area contributed by atoms with Crippen molar-refractivity contribution in [2.45, 2.75) is 77.2 Å². The van der Waals surface area contributed by atoms with Crippen molar-refractivity contribution in [2.75, 3.05) is 6.61 Å². The molecule has 2 aromatic rings. The third kappa shape index (κ3) is 5.81. The van der Waals surface area contributed by atoms with Gasteiger partial charge in [0.15, 0.2) is 0 Å². The van der Waals surface area contributed by atoms with Crippen LogP contribution in [-0.2, 0) is 15.1 Å². The van der Waals surface area contributed by atoms with Gasteiger partial charge in [0.05, 0.1) is 29.0 Å². The zero-order valence-corrected chi connectivity index (χ0v) is 18.9. The van der Waals surface area contributed by atoms with Gasteiger partial charge < -0.3 is 19.9 Å². The van der Waals surface area contributed by atoms with Gasteiger partial charge in [0.25, 0.3) is 0 Å². The summed E-state index contributed by atoms with van der Waals surface area (Å²) >= 11 is 7.98. The first-order chi connectivity index (χ1) is 13.6. The molecule has 2 N–H and O–H groups in total. The number of ether oxygens (including phenoxy) is 2. The molecule has 29 heavy (non-hydrogen) atoms. The molecule has 1 aromatic heterocycles. The molecule has 160 valence electrons. The minimum atomic E-state index is -0.996.